The average molecular weight is 396 g/mol. The molecular formula is C27H24O3. The van der Waals surface area contributed by atoms with Crippen LogP contribution in [0.2, 0.25) is 0 Å². The molecule has 0 unspecified atom stereocenters. The van der Waals surface area contributed by atoms with Gasteiger partial charge in [0, 0.05) is 0 Å². The molecule has 4 aromatic rings. The molecule has 0 aliphatic carbocycles. The Kier molecular flexibility index (Phi) is 6.05. The van der Waals surface area contributed by atoms with Crippen molar-refractivity contribution >= 4 is 0 Å². The maximum Gasteiger partial charge on any atom is 0.0681 e. The zero-order valence-electron chi connectivity index (χ0n) is 16.6. The first kappa shape index (κ1) is 20.0. The lowest BCUT2D eigenvalue weighted by Crippen LogP contribution is -1.89. The predicted molar refractivity (Wildman–Crippen MR) is 121 cm³/mol. The van der Waals surface area contributed by atoms with E-state index in [1.54, 1.807) is 0 Å². The summed E-state index contributed by atoms with van der Waals surface area (Å²) in [6.07, 6.45) is 0. The van der Waals surface area contributed by atoms with Crippen molar-refractivity contribution in [1.82, 2.24) is 0 Å². The molecule has 4 rings (SSSR count). The van der Waals surface area contributed by atoms with Crippen molar-refractivity contribution in [3.8, 4) is 33.4 Å². The Bertz CT molecular complexity index is 954. The molecule has 0 saturated carbocycles. The van der Waals surface area contributed by atoms with Crippen LogP contribution in [-0.4, -0.2) is 15.3 Å². The van der Waals surface area contributed by atoms with Gasteiger partial charge >= 0.3 is 0 Å². The van der Waals surface area contributed by atoms with Gasteiger partial charge in [-0.1, -0.05) is 72.8 Å². The number of aliphatic hydroxyl groups is 3. The highest BCUT2D eigenvalue weighted by Gasteiger charge is 2.08. The zero-order valence-corrected chi connectivity index (χ0v) is 16.6. The molecule has 0 heterocycles. The summed E-state index contributed by atoms with van der Waals surface area (Å²) < 4.78 is 0. The number of hydrogen-bond donors (Lipinski definition) is 3. The van der Waals surface area contributed by atoms with E-state index in [1.807, 2.05) is 72.8 Å². The Hall–Kier alpha value is -3.24. The van der Waals surface area contributed by atoms with Crippen LogP contribution in [0.5, 0.6) is 0 Å². The summed E-state index contributed by atoms with van der Waals surface area (Å²) in [5.74, 6) is 0. The van der Waals surface area contributed by atoms with E-state index in [1.165, 1.54) is 0 Å². The summed E-state index contributed by atoms with van der Waals surface area (Å²) >= 11 is 0. The van der Waals surface area contributed by atoms with Gasteiger partial charge in [-0.05, 0) is 68.3 Å². The van der Waals surface area contributed by atoms with Crippen LogP contribution < -0.4 is 0 Å². The molecule has 3 nitrogen and oxygen atoms in total. The lowest BCUT2D eigenvalue weighted by Gasteiger charge is -2.12. The van der Waals surface area contributed by atoms with Crippen LogP contribution in [0.25, 0.3) is 33.4 Å². The van der Waals surface area contributed by atoms with Gasteiger partial charge in [0.2, 0.25) is 0 Å². The lowest BCUT2D eigenvalue weighted by atomic mass is 9.92. The van der Waals surface area contributed by atoms with Crippen LogP contribution in [0, 0.1) is 0 Å². The van der Waals surface area contributed by atoms with E-state index in [9.17, 15) is 15.3 Å². The van der Waals surface area contributed by atoms with Crippen LogP contribution in [0.1, 0.15) is 16.7 Å². The first-order valence-electron chi connectivity index (χ1n) is 9.96. The number of aliphatic hydroxyl groups excluding tert-OH is 3. The topological polar surface area (TPSA) is 60.7 Å². The van der Waals surface area contributed by atoms with Gasteiger partial charge in [-0.15, -0.1) is 0 Å². The van der Waals surface area contributed by atoms with Crippen molar-refractivity contribution in [2.75, 3.05) is 0 Å². The van der Waals surface area contributed by atoms with Gasteiger partial charge in [-0.2, -0.15) is 0 Å². The summed E-state index contributed by atoms with van der Waals surface area (Å²) in [6.45, 7) is 0.0833. The van der Waals surface area contributed by atoms with Crippen LogP contribution in [-0.2, 0) is 19.8 Å². The Morgan fingerprint density at radius 2 is 0.567 bits per heavy atom. The Balaban J connectivity index is 1.83. The molecule has 0 amide bonds. The fraction of sp³-hybridized carbons (Fsp3) is 0.111. The van der Waals surface area contributed by atoms with E-state index < -0.39 is 0 Å². The monoisotopic (exact) mass is 396 g/mol. The van der Waals surface area contributed by atoms with Crippen LogP contribution in [0.3, 0.4) is 0 Å². The van der Waals surface area contributed by atoms with E-state index in [0.717, 1.165) is 50.1 Å². The fourth-order valence-electron chi connectivity index (χ4n) is 3.54. The van der Waals surface area contributed by atoms with Crippen molar-refractivity contribution in [1.29, 1.82) is 0 Å². The molecule has 0 aliphatic rings. The minimum atomic E-state index is 0.0278. The Morgan fingerprint density at radius 1 is 0.333 bits per heavy atom. The van der Waals surface area contributed by atoms with E-state index in [-0.39, 0.29) is 19.8 Å². The molecule has 4 aromatic carbocycles. The third kappa shape index (κ3) is 4.34. The first-order valence-corrected chi connectivity index (χ1v) is 9.96. The highest BCUT2D eigenvalue weighted by atomic mass is 16.3. The van der Waals surface area contributed by atoms with Gasteiger partial charge < -0.3 is 15.3 Å². The molecule has 0 fully saturated rings. The molecular weight excluding hydrogens is 372 g/mol. The van der Waals surface area contributed by atoms with Crippen LogP contribution in [0.15, 0.2) is 91.0 Å². The third-order valence-corrected chi connectivity index (χ3v) is 5.34. The molecule has 0 radical (unpaired) electrons. The predicted octanol–water partition coefficient (Wildman–Crippen LogP) is 5.16. The van der Waals surface area contributed by atoms with Gasteiger partial charge in [-0.3, -0.25) is 0 Å². The van der Waals surface area contributed by atoms with Crippen LogP contribution >= 0.6 is 0 Å². The summed E-state index contributed by atoms with van der Waals surface area (Å²) in [5, 5.41) is 28.0. The van der Waals surface area contributed by atoms with Crippen molar-refractivity contribution in [3.05, 3.63) is 108 Å². The standard InChI is InChI=1S/C27H24O3/c28-16-19-1-7-22(8-2-19)25-13-26(23-9-3-20(17-29)4-10-23)15-27(14-25)24-11-5-21(18-30)6-12-24/h1-15,28-30H,16-18H2. The number of benzene rings is 4. The van der Waals surface area contributed by atoms with Crippen molar-refractivity contribution in [2.24, 2.45) is 0 Å². The fourth-order valence-corrected chi connectivity index (χ4v) is 3.54. The SMILES string of the molecule is OCc1ccc(-c2cc(-c3ccc(CO)cc3)cc(-c3ccc(CO)cc3)c2)cc1. The maximum absolute atomic E-state index is 9.33. The molecule has 0 atom stereocenters. The quantitative estimate of drug-likeness (QED) is 0.422. The summed E-state index contributed by atoms with van der Waals surface area (Å²) in [6, 6.07) is 30.3. The summed E-state index contributed by atoms with van der Waals surface area (Å²) in [5.41, 5.74) is 9.15. The van der Waals surface area contributed by atoms with Gasteiger partial charge in [0.25, 0.3) is 0 Å². The molecule has 0 saturated heterocycles. The van der Waals surface area contributed by atoms with Gasteiger partial charge in [0.1, 0.15) is 0 Å². The van der Waals surface area contributed by atoms with Gasteiger partial charge in [0.15, 0.2) is 0 Å². The normalized spacial score (nSPS) is 10.9. The highest BCUT2D eigenvalue weighted by molar-refractivity contribution is 5.81. The average Bonchev–Trinajstić information content (AvgIpc) is 2.84. The number of hydrogen-bond acceptors (Lipinski definition) is 3. The second-order valence-corrected chi connectivity index (χ2v) is 7.36. The first-order chi connectivity index (χ1) is 14.7. The van der Waals surface area contributed by atoms with E-state index in [0.29, 0.717) is 0 Å². The second kappa shape index (κ2) is 9.06. The zero-order chi connectivity index (χ0) is 20.9. The smallest absolute Gasteiger partial charge is 0.0681 e. The molecule has 30 heavy (non-hydrogen) atoms. The molecule has 0 spiro atoms. The summed E-state index contributed by atoms with van der Waals surface area (Å²) in [4.78, 5) is 0. The van der Waals surface area contributed by atoms with E-state index >= 15 is 0 Å². The maximum atomic E-state index is 9.33. The molecule has 0 bridgehead atoms. The minimum absolute atomic E-state index is 0.0278. The van der Waals surface area contributed by atoms with Gasteiger partial charge in [0.05, 0.1) is 19.8 Å². The van der Waals surface area contributed by atoms with Gasteiger partial charge in [-0.25, -0.2) is 0 Å². The van der Waals surface area contributed by atoms with Crippen molar-refractivity contribution < 1.29 is 15.3 Å². The largest absolute Gasteiger partial charge is 0.392 e. The second-order valence-electron chi connectivity index (χ2n) is 7.36. The molecule has 3 N–H and O–H groups in total. The van der Waals surface area contributed by atoms with E-state index in [4.69, 9.17) is 0 Å². The Morgan fingerprint density at radius 3 is 0.767 bits per heavy atom. The Labute approximate surface area is 176 Å². The molecule has 0 aliphatic heterocycles. The van der Waals surface area contributed by atoms with Crippen molar-refractivity contribution in [2.45, 2.75) is 19.8 Å². The molecule has 3 heteroatoms. The lowest BCUT2D eigenvalue weighted by molar-refractivity contribution is 0.281. The minimum Gasteiger partial charge on any atom is -0.392 e. The van der Waals surface area contributed by atoms with Crippen LogP contribution in [0.4, 0.5) is 0 Å². The van der Waals surface area contributed by atoms with E-state index in [2.05, 4.69) is 18.2 Å². The van der Waals surface area contributed by atoms with Crippen molar-refractivity contribution in [3.63, 3.8) is 0 Å². The molecule has 150 valence electrons. The number of rotatable bonds is 6. The molecule has 0 aromatic heterocycles. The summed E-state index contributed by atoms with van der Waals surface area (Å²) in [7, 11) is 0. The highest BCUT2D eigenvalue weighted by Crippen LogP contribution is 2.33. The third-order valence-electron chi connectivity index (χ3n) is 5.34.